The van der Waals surface area contributed by atoms with Crippen LogP contribution >= 0.6 is 11.6 Å². The van der Waals surface area contributed by atoms with Crippen LogP contribution in [0.4, 0.5) is 22.9 Å². The molecule has 162 valence electrons. The van der Waals surface area contributed by atoms with Crippen molar-refractivity contribution in [1.82, 2.24) is 10.2 Å². The maximum atomic E-state index is 12.4. The molecule has 0 aliphatic carbocycles. The summed E-state index contributed by atoms with van der Waals surface area (Å²) in [5, 5.41) is 12.0. The van der Waals surface area contributed by atoms with Crippen LogP contribution in [-0.2, 0) is 20.5 Å². The number of halogens is 1. The Morgan fingerprint density at radius 2 is 1.68 bits per heavy atom. The monoisotopic (exact) mass is 459 g/mol. The Labute approximate surface area is 186 Å². The van der Waals surface area contributed by atoms with Gasteiger partial charge in [-0.25, -0.2) is 8.42 Å². The second kappa shape index (κ2) is 9.51. The second-order valence-corrected chi connectivity index (χ2v) is 9.25. The zero-order valence-electron chi connectivity index (χ0n) is 16.7. The Kier molecular flexibility index (Phi) is 6.55. The molecule has 1 saturated heterocycles. The summed E-state index contributed by atoms with van der Waals surface area (Å²) in [5.41, 5.74) is 2.89. The van der Waals surface area contributed by atoms with Crippen LogP contribution in [0.1, 0.15) is 5.56 Å². The molecule has 0 saturated carbocycles. The largest absolute Gasteiger partial charge is 0.378 e. The fraction of sp³-hybridized carbons (Fsp3) is 0.238. The molecule has 31 heavy (non-hydrogen) atoms. The van der Waals surface area contributed by atoms with Crippen molar-refractivity contribution in [2.24, 2.45) is 0 Å². The van der Waals surface area contributed by atoms with Crippen molar-refractivity contribution < 1.29 is 13.2 Å². The lowest BCUT2D eigenvalue weighted by Crippen LogP contribution is -2.36. The van der Waals surface area contributed by atoms with Crippen molar-refractivity contribution in [3.63, 3.8) is 0 Å². The molecule has 8 nitrogen and oxygen atoms in total. The van der Waals surface area contributed by atoms with E-state index in [0.29, 0.717) is 35.3 Å². The zero-order valence-corrected chi connectivity index (χ0v) is 18.2. The maximum absolute atomic E-state index is 12.4. The van der Waals surface area contributed by atoms with E-state index in [1.165, 1.54) is 0 Å². The van der Waals surface area contributed by atoms with Crippen LogP contribution in [0.5, 0.6) is 0 Å². The van der Waals surface area contributed by atoms with Gasteiger partial charge in [-0.3, -0.25) is 4.72 Å². The molecule has 1 aliphatic heterocycles. The highest BCUT2D eigenvalue weighted by molar-refractivity contribution is 7.91. The van der Waals surface area contributed by atoms with Crippen LogP contribution in [-0.4, -0.2) is 44.9 Å². The number of hydrogen-bond donors (Lipinski definition) is 2. The number of aromatic nitrogens is 2. The predicted octanol–water partition coefficient (Wildman–Crippen LogP) is 3.65. The number of morpholine rings is 1. The highest BCUT2D eigenvalue weighted by Gasteiger charge is 2.13. The van der Waals surface area contributed by atoms with Crippen molar-refractivity contribution in [2.45, 2.75) is 5.75 Å². The van der Waals surface area contributed by atoms with E-state index in [9.17, 15) is 8.42 Å². The van der Waals surface area contributed by atoms with Gasteiger partial charge in [-0.15, -0.1) is 5.10 Å². The molecule has 2 aromatic carbocycles. The van der Waals surface area contributed by atoms with E-state index in [1.54, 1.807) is 54.7 Å². The highest BCUT2D eigenvalue weighted by Crippen LogP contribution is 2.22. The summed E-state index contributed by atoms with van der Waals surface area (Å²) in [6, 6.07) is 15.6. The van der Waals surface area contributed by atoms with Gasteiger partial charge in [-0.1, -0.05) is 23.7 Å². The number of hydrogen-bond acceptors (Lipinski definition) is 7. The molecule has 10 heteroatoms. The third-order valence-electron chi connectivity index (χ3n) is 4.72. The lowest BCUT2D eigenvalue weighted by molar-refractivity contribution is 0.122. The second-order valence-electron chi connectivity index (χ2n) is 7.09. The zero-order chi connectivity index (χ0) is 21.7. The topological polar surface area (TPSA) is 96.5 Å². The Balaban J connectivity index is 1.38. The molecule has 0 atom stereocenters. The van der Waals surface area contributed by atoms with Crippen molar-refractivity contribution in [3.8, 4) is 0 Å². The molecule has 3 aromatic rings. The third kappa shape index (κ3) is 6.06. The van der Waals surface area contributed by atoms with Crippen molar-refractivity contribution in [3.05, 3.63) is 71.4 Å². The molecule has 0 radical (unpaired) electrons. The van der Waals surface area contributed by atoms with E-state index >= 15 is 0 Å². The lowest BCUT2D eigenvalue weighted by Gasteiger charge is -2.28. The Morgan fingerprint density at radius 3 is 2.39 bits per heavy atom. The summed E-state index contributed by atoms with van der Waals surface area (Å²) < 4.78 is 32.8. The van der Waals surface area contributed by atoms with E-state index < -0.39 is 10.0 Å². The molecular formula is C21H22ClN5O3S. The molecule has 0 bridgehead atoms. The normalized spacial score (nSPS) is 14.3. The van der Waals surface area contributed by atoms with Crippen LogP contribution in [0.15, 0.2) is 60.8 Å². The van der Waals surface area contributed by atoms with Crippen LogP contribution in [0.2, 0.25) is 5.02 Å². The van der Waals surface area contributed by atoms with Gasteiger partial charge in [-0.2, -0.15) is 5.10 Å². The standard InChI is InChI=1S/C21H22ClN5O3S/c22-17-3-1-16(2-4-17)15-31(28,29)26-19-7-5-18(6-8-19)24-21-13-20(14-23-25-21)27-9-11-30-12-10-27/h1-8,13-14,26H,9-12,15H2,(H,24,25). The van der Waals surface area contributed by atoms with E-state index in [2.05, 4.69) is 25.1 Å². The number of anilines is 4. The molecule has 1 fully saturated rings. The predicted molar refractivity (Wildman–Crippen MR) is 122 cm³/mol. The minimum atomic E-state index is -3.54. The summed E-state index contributed by atoms with van der Waals surface area (Å²) in [7, 11) is -3.54. The lowest BCUT2D eigenvalue weighted by atomic mass is 10.2. The smallest absolute Gasteiger partial charge is 0.236 e. The number of ether oxygens (including phenoxy) is 1. The molecule has 0 unspecified atom stereocenters. The van der Waals surface area contributed by atoms with Crippen molar-refractivity contribution in [1.29, 1.82) is 0 Å². The van der Waals surface area contributed by atoms with Gasteiger partial charge in [0.2, 0.25) is 10.0 Å². The summed E-state index contributed by atoms with van der Waals surface area (Å²) in [5.74, 6) is 0.480. The summed E-state index contributed by atoms with van der Waals surface area (Å²) >= 11 is 5.85. The quantitative estimate of drug-likeness (QED) is 0.556. The number of nitrogens with one attached hydrogen (secondary N) is 2. The Bertz CT molecular complexity index is 1120. The summed E-state index contributed by atoms with van der Waals surface area (Å²) in [4.78, 5) is 2.20. The number of rotatable bonds is 7. The first-order valence-corrected chi connectivity index (χ1v) is 11.8. The maximum Gasteiger partial charge on any atom is 0.236 e. The molecule has 2 heterocycles. The van der Waals surface area contributed by atoms with Gasteiger partial charge in [0.15, 0.2) is 5.82 Å². The Morgan fingerprint density at radius 1 is 1.00 bits per heavy atom. The molecular weight excluding hydrogens is 438 g/mol. The van der Waals surface area contributed by atoms with Gasteiger partial charge in [0.25, 0.3) is 0 Å². The Hall–Kier alpha value is -2.88. The molecule has 0 spiro atoms. The fourth-order valence-electron chi connectivity index (χ4n) is 3.20. The molecule has 1 aliphatic rings. The van der Waals surface area contributed by atoms with Crippen molar-refractivity contribution in [2.75, 3.05) is 41.2 Å². The molecule has 0 amide bonds. The fourth-order valence-corrected chi connectivity index (χ4v) is 4.52. The van der Waals surface area contributed by atoms with E-state index in [4.69, 9.17) is 16.3 Å². The van der Waals surface area contributed by atoms with Crippen LogP contribution in [0.3, 0.4) is 0 Å². The molecule has 1 aromatic heterocycles. The highest BCUT2D eigenvalue weighted by atomic mass is 35.5. The number of sulfonamides is 1. The van der Waals surface area contributed by atoms with Gasteiger partial charge >= 0.3 is 0 Å². The van der Waals surface area contributed by atoms with Gasteiger partial charge in [0, 0.05) is 35.6 Å². The minimum absolute atomic E-state index is 0.131. The van der Waals surface area contributed by atoms with Crippen LogP contribution < -0.4 is 14.9 Å². The first-order valence-electron chi connectivity index (χ1n) is 9.74. The molecule has 4 rings (SSSR count). The number of benzene rings is 2. The summed E-state index contributed by atoms with van der Waals surface area (Å²) in [6.45, 7) is 3.02. The number of nitrogens with zero attached hydrogens (tertiary/aromatic N) is 3. The van der Waals surface area contributed by atoms with Crippen LogP contribution in [0.25, 0.3) is 0 Å². The van der Waals surface area contributed by atoms with Gasteiger partial charge in [0.1, 0.15) is 0 Å². The van der Waals surface area contributed by atoms with Gasteiger partial charge in [0.05, 0.1) is 30.9 Å². The van der Waals surface area contributed by atoms with Crippen LogP contribution in [0, 0.1) is 0 Å². The van der Waals surface area contributed by atoms with E-state index in [-0.39, 0.29) is 5.75 Å². The SMILES string of the molecule is O=S(=O)(Cc1ccc(Cl)cc1)Nc1ccc(Nc2cc(N3CCOCC3)cnn2)cc1. The van der Waals surface area contributed by atoms with Crippen molar-refractivity contribution >= 4 is 44.5 Å². The average molecular weight is 460 g/mol. The van der Waals surface area contributed by atoms with Gasteiger partial charge in [-0.05, 0) is 42.0 Å². The van der Waals surface area contributed by atoms with Gasteiger partial charge < -0.3 is 15.0 Å². The minimum Gasteiger partial charge on any atom is -0.378 e. The first-order chi connectivity index (χ1) is 15.0. The van der Waals surface area contributed by atoms with E-state index in [1.807, 2.05) is 6.07 Å². The molecule has 2 N–H and O–H groups in total. The average Bonchev–Trinajstić information content (AvgIpc) is 2.77. The summed E-state index contributed by atoms with van der Waals surface area (Å²) in [6.07, 6.45) is 1.73. The third-order valence-corrected chi connectivity index (χ3v) is 6.23. The van der Waals surface area contributed by atoms with E-state index in [0.717, 1.165) is 24.5 Å². The first kappa shape index (κ1) is 21.4.